The van der Waals surface area contributed by atoms with Crippen LogP contribution in [0.4, 0.5) is 0 Å². The Kier molecular flexibility index (Phi) is 4.40. The molecule has 1 aliphatic heterocycles. The summed E-state index contributed by atoms with van der Waals surface area (Å²) in [5.74, 6) is 1.06. The second-order valence-electron chi connectivity index (χ2n) is 5.47. The molecule has 1 aliphatic carbocycles. The van der Waals surface area contributed by atoms with Crippen LogP contribution in [0.25, 0.3) is 0 Å². The van der Waals surface area contributed by atoms with Crippen molar-refractivity contribution < 1.29 is 4.74 Å². The monoisotopic (exact) mass is 341 g/mol. The minimum atomic E-state index is 0.303. The number of ether oxygens (including phenoxy) is 1. The lowest BCUT2D eigenvalue weighted by Crippen LogP contribution is -2.36. The maximum atomic E-state index is 5.99. The summed E-state index contributed by atoms with van der Waals surface area (Å²) in [6, 6.07) is 6.98. The van der Waals surface area contributed by atoms with Crippen molar-refractivity contribution in [2.45, 2.75) is 43.1 Å². The van der Waals surface area contributed by atoms with Crippen LogP contribution >= 0.6 is 27.7 Å². The Morgan fingerprint density at radius 1 is 1.42 bits per heavy atom. The zero-order chi connectivity index (χ0) is 13.2. The van der Waals surface area contributed by atoms with E-state index in [-0.39, 0.29) is 0 Å². The van der Waals surface area contributed by atoms with Crippen molar-refractivity contribution in [3.05, 3.63) is 28.2 Å². The van der Waals surface area contributed by atoms with Crippen LogP contribution in [0, 0.1) is 0 Å². The molecule has 0 bridgehead atoms. The third kappa shape index (κ3) is 3.29. The average molecular weight is 342 g/mol. The van der Waals surface area contributed by atoms with Gasteiger partial charge in [-0.3, -0.25) is 0 Å². The Balaban J connectivity index is 1.48. The van der Waals surface area contributed by atoms with Crippen molar-refractivity contribution in [1.82, 2.24) is 5.32 Å². The van der Waals surface area contributed by atoms with Gasteiger partial charge >= 0.3 is 0 Å². The molecule has 1 N–H and O–H groups in total. The first-order chi connectivity index (χ1) is 9.24. The van der Waals surface area contributed by atoms with Crippen molar-refractivity contribution in [1.29, 1.82) is 0 Å². The summed E-state index contributed by atoms with van der Waals surface area (Å²) in [5, 5.41) is 4.54. The largest absolute Gasteiger partial charge is 0.488 e. The normalized spacial score (nSPS) is 29.3. The fraction of sp³-hybridized carbons (Fsp3) is 0.600. The van der Waals surface area contributed by atoms with Gasteiger partial charge in [-0.2, -0.15) is 11.8 Å². The molecule has 4 heteroatoms. The standard InChI is InChI=1S/C15H20BrNOS/c1-19-14-4-3-12(8-14)17-9-13-7-10-6-11(16)2-5-15(10)18-13/h2,5-6,12-14,17H,3-4,7-9H2,1H3. The average Bonchev–Trinajstić information content (AvgIpc) is 3.01. The molecule has 19 heavy (non-hydrogen) atoms. The SMILES string of the molecule is CSC1CCC(NCC2Cc3cc(Br)ccc3O2)C1. The summed E-state index contributed by atoms with van der Waals surface area (Å²) in [6.07, 6.45) is 7.54. The molecule has 2 aliphatic rings. The predicted octanol–water partition coefficient (Wildman–Crippen LogP) is 3.63. The second kappa shape index (κ2) is 6.06. The van der Waals surface area contributed by atoms with Gasteiger partial charge in [0.25, 0.3) is 0 Å². The molecule has 1 heterocycles. The molecule has 104 valence electrons. The number of hydrogen-bond acceptors (Lipinski definition) is 3. The Hall–Kier alpha value is -0.190. The summed E-state index contributed by atoms with van der Waals surface area (Å²) < 4.78 is 7.13. The van der Waals surface area contributed by atoms with E-state index in [1.807, 2.05) is 11.8 Å². The van der Waals surface area contributed by atoms with Gasteiger partial charge in [-0.25, -0.2) is 0 Å². The van der Waals surface area contributed by atoms with Crippen molar-refractivity contribution in [3.8, 4) is 5.75 Å². The van der Waals surface area contributed by atoms with Gasteiger partial charge in [-0.1, -0.05) is 15.9 Å². The first-order valence-electron chi connectivity index (χ1n) is 6.96. The fourth-order valence-electron chi connectivity index (χ4n) is 3.04. The van der Waals surface area contributed by atoms with Crippen molar-refractivity contribution in [2.75, 3.05) is 12.8 Å². The number of halogens is 1. The highest BCUT2D eigenvalue weighted by Gasteiger charge is 2.27. The summed E-state index contributed by atoms with van der Waals surface area (Å²) in [7, 11) is 0. The van der Waals surface area contributed by atoms with Gasteiger partial charge in [0.2, 0.25) is 0 Å². The minimum absolute atomic E-state index is 0.303. The summed E-state index contributed by atoms with van der Waals surface area (Å²) in [5.41, 5.74) is 1.33. The van der Waals surface area contributed by atoms with E-state index in [2.05, 4.69) is 45.7 Å². The van der Waals surface area contributed by atoms with Crippen molar-refractivity contribution >= 4 is 27.7 Å². The summed E-state index contributed by atoms with van der Waals surface area (Å²) in [6.45, 7) is 0.970. The predicted molar refractivity (Wildman–Crippen MR) is 85.2 cm³/mol. The fourth-order valence-corrected chi connectivity index (χ4v) is 4.25. The molecule has 3 rings (SSSR count). The van der Waals surface area contributed by atoms with E-state index < -0.39 is 0 Å². The number of benzene rings is 1. The molecule has 1 aromatic carbocycles. The number of rotatable bonds is 4. The topological polar surface area (TPSA) is 21.3 Å². The molecule has 1 saturated carbocycles. The molecule has 1 aromatic rings. The molecule has 2 nitrogen and oxygen atoms in total. The van der Waals surface area contributed by atoms with Gasteiger partial charge in [0, 0.05) is 28.7 Å². The molecule has 3 unspecified atom stereocenters. The van der Waals surface area contributed by atoms with E-state index >= 15 is 0 Å². The van der Waals surface area contributed by atoms with Crippen LogP contribution in [0.2, 0.25) is 0 Å². The summed E-state index contributed by atoms with van der Waals surface area (Å²) in [4.78, 5) is 0. The Labute approximate surface area is 127 Å². The van der Waals surface area contributed by atoms with Crippen LogP contribution in [0.3, 0.4) is 0 Å². The van der Waals surface area contributed by atoms with Crippen molar-refractivity contribution in [3.63, 3.8) is 0 Å². The highest BCUT2D eigenvalue weighted by atomic mass is 79.9. The summed E-state index contributed by atoms with van der Waals surface area (Å²) >= 11 is 5.53. The Morgan fingerprint density at radius 3 is 3.11 bits per heavy atom. The van der Waals surface area contributed by atoms with Gasteiger partial charge in [0.1, 0.15) is 11.9 Å². The van der Waals surface area contributed by atoms with Crippen LogP contribution in [-0.4, -0.2) is 30.2 Å². The first-order valence-corrected chi connectivity index (χ1v) is 9.04. The van der Waals surface area contributed by atoms with Crippen molar-refractivity contribution in [2.24, 2.45) is 0 Å². The van der Waals surface area contributed by atoms with E-state index in [9.17, 15) is 0 Å². The molecule has 0 radical (unpaired) electrons. The van der Waals surface area contributed by atoms with E-state index in [1.54, 1.807) is 0 Å². The lowest BCUT2D eigenvalue weighted by atomic mass is 10.1. The number of hydrogen-bond donors (Lipinski definition) is 1. The van der Waals surface area contributed by atoms with Crippen LogP contribution < -0.4 is 10.1 Å². The first kappa shape index (κ1) is 13.8. The van der Waals surface area contributed by atoms with Gasteiger partial charge in [0.05, 0.1) is 0 Å². The zero-order valence-electron chi connectivity index (χ0n) is 11.2. The molecular weight excluding hydrogens is 322 g/mol. The highest BCUT2D eigenvalue weighted by Crippen LogP contribution is 2.32. The highest BCUT2D eigenvalue weighted by molar-refractivity contribution is 9.10. The second-order valence-corrected chi connectivity index (χ2v) is 7.53. The van der Waals surface area contributed by atoms with Crippen LogP contribution in [0.5, 0.6) is 5.75 Å². The van der Waals surface area contributed by atoms with Gasteiger partial charge in [-0.05, 0) is 49.3 Å². The third-order valence-corrected chi connectivity index (χ3v) is 5.70. The number of thioether (sulfide) groups is 1. The van der Waals surface area contributed by atoms with E-state index in [0.29, 0.717) is 12.1 Å². The molecule has 0 spiro atoms. The van der Waals surface area contributed by atoms with E-state index in [4.69, 9.17) is 4.74 Å². The molecule has 0 amide bonds. The molecule has 3 atom stereocenters. The van der Waals surface area contributed by atoms with Crippen LogP contribution in [-0.2, 0) is 6.42 Å². The van der Waals surface area contributed by atoms with Crippen LogP contribution in [0.15, 0.2) is 22.7 Å². The lowest BCUT2D eigenvalue weighted by Gasteiger charge is -2.16. The smallest absolute Gasteiger partial charge is 0.123 e. The van der Waals surface area contributed by atoms with Gasteiger partial charge < -0.3 is 10.1 Å². The molecule has 0 saturated heterocycles. The Morgan fingerprint density at radius 2 is 2.32 bits per heavy atom. The van der Waals surface area contributed by atoms with E-state index in [1.165, 1.54) is 24.8 Å². The quantitative estimate of drug-likeness (QED) is 0.903. The Bertz CT molecular complexity index is 454. The van der Waals surface area contributed by atoms with Gasteiger partial charge in [0.15, 0.2) is 0 Å². The zero-order valence-corrected chi connectivity index (χ0v) is 13.6. The lowest BCUT2D eigenvalue weighted by molar-refractivity contribution is 0.221. The van der Waals surface area contributed by atoms with Crippen LogP contribution in [0.1, 0.15) is 24.8 Å². The molecular formula is C15H20BrNOS. The minimum Gasteiger partial charge on any atom is -0.488 e. The number of nitrogens with one attached hydrogen (secondary N) is 1. The third-order valence-electron chi connectivity index (χ3n) is 4.12. The van der Waals surface area contributed by atoms with E-state index in [0.717, 1.165) is 28.4 Å². The van der Waals surface area contributed by atoms with Gasteiger partial charge in [-0.15, -0.1) is 0 Å². The number of fused-ring (bicyclic) bond motifs is 1. The molecule has 0 aromatic heterocycles. The maximum Gasteiger partial charge on any atom is 0.123 e. The molecule has 1 fully saturated rings. The maximum absolute atomic E-state index is 5.99.